The van der Waals surface area contributed by atoms with Gasteiger partial charge in [-0.15, -0.1) is 0 Å². The minimum Gasteiger partial charge on any atom is -0.481 e. The number of benzene rings is 1. The summed E-state index contributed by atoms with van der Waals surface area (Å²) in [6.45, 7) is 0. The number of aliphatic carboxylic acids is 1. The zero-order valence-electron chi connectivity index (χ0n) is 11.6. The number of nitrogens with one attached hydrogen (secondary N) is 2. The van der Waals surface area contributed by atoms with E-state index in [2.05, 4.69) is 10.6 Å². The number of hydrogen-bond acceptors (Lipinski definition) is 3. The van der Waals surface area contributed by atoms with Crippen LogP contribution in [0.2, 0.25) is 5.02 Å². The molecule has 0 bridgehead atoms. The summed E-state index contributed by atoms with van der Waals surface area (Å²) in [4.78, 5) is 34.8. The number of carbonyl (C=O) groups excluding carboxylic acids is 2. The molecule has 2 amide bonds. The smallest absolute Gasteiger partial charge is 0.307 e. The standard InChI is InChI=1S/C15H15ClN2O4/c16-12-4-3-8(5-11(12)14(20)17-7-1-2-7)18-13(19)9-6-10(9)15(21)22/h3-5,7,9-10H,1-2,6H2,(H,17,20)(H,18,19)(H,21,22)/t9-,10+/m0/s1. The van der Waals surface area contributed by atoms with Crippen molar-refractivity contribution in [1.29, 1.82) is 0 Å². The minimum absolute atomic E-state index is 0.213. The number of rotatable bonds is 5. The number of carboxylic acid groups (broad SMARTS) is 1. The fourth-order valence-corrected chi connectivity index (χ4v) is 2.46. The van der Waals surface area contributed by atoms with Gasteiger partial charge in [-0.05, 0) is 37.5 Å². The van der Waals surface area contributed by atoms with Crippen LogP contribution in [-0.2, 0) is 9.59 Å². The molecule has 2 atom stereocenters. The van der Waals surface area contributed by atoms with Crippen molar-refractivity contribution in [1.82, 2.24) is 5.32 Å². The summed E-state index contributed by atoms with van der Waals surface area (Å²) in [5.41, 5.74) is 0.739. The van der Waals surface area contributed by atoms with E-state index in [1.165, 1.54) is 6.07 Å². The number of amides is 2. The molecule has 116 valence electrons. The fraction of sp³-hybridized carbons (Fsp3) is 0.400. The first-order chi connectivity index (χ1) is 10.5. The van der Waals surface area contributed by atoms with Crippen molar-refractivity contribution >= 4 is 35.1 Å². The molecule has 2 fully saturated rings. The van der Waals surface area contributed by atoms with Gasteiger partial charge in [0.2, 0.25) is 5.91 Å². The Kier molecular flexibility index (Phi) is 3.78. The quantitative estimate of drug-likeness (QED) is 0.771. The summed E-state index contributed by atoms with van der Waals surface area (Å²) in [6, 6.07) is 4.85. The van der Waals surface area contributed by atoms with E-state index in [-0.39, 0.29) is 17.9 Å². The van der Waals surface area contributed by atoms with Gasteiger partial charge in [-0.2, -0.15) is 0 Å². The maximum absolute atomic E-state index is 12.1. The van der Waals surface area contributed by atoms with Gasteiger partial charge in [0.25, 0.3) is 5.91 Å². The van der Waals surface area contributed by atoms with E-state index >= 15 is 0 Å². The zero-order valence-corrected chi connectivity index (χ0v) is 12.4. The number of halogens is 1. The van der Waals surface area contributed by atoms with Crippen LogP contribution >= 0.6 is 11.6 Å². The van der Waals surface area contributed by atoms with Gasteiger partial charge in [-0.25, -0.2) is 0 Å². The highest BCUT2D eigenvalue weighted by molar-refractivity contribution is 6.34. The number of hydrogen-bond donors (Lipinski definition) is 3. The maximum atomic E-state index is 12.1. The molecule has 0 aliphatic heterocycles. The Labute approximate surface area is 131 Å². The van der Waals surface area contributed by atoms with Gasteiger partial charge in [0.15, 0.2) is 0 Å². The van der Waals surface area contributed by atoms with Crippen LogP contribution in [0.15, 0.2) is 18.2 Å². The fourth-order valence-electron chi connectivity index (χ4n) is 2.26. The maximum Gasteiger partial charge on any atom is 0.307 e. The minimum atomic E-state index is -0.958. The Morgan fingerprint density at radius 1 is 1.18 bits per heavy atom. The Bertz CT molecular complexity index is 657. The first kappa shape index (κ1) is 14.8. The van der Waals surface area contributed by atoms with Gasteiger partial charge in [0.1, 0.15) is 0 Å². The molecule has 0 radical (unpaired) electrons. The van der Waals surface area contributed by atoms with E-state index in [9.17, 15) is 14.4 Å². The van der Waals surface area contributed by atoms with E-state index in [1.807, 2.05) is 0 Å². The Balaban J connectivity index is 1.68. The second kappa shape index (κ2) is 5.61. The lowest BCUT2D eigenvalue weighted by atomic mass is 10.1. The van der Waals surface area contributed by atoms with Gasteiger partial charge >= 0.3 is 5.97 Å². The second-order valence-electron chi connectivity index (χ2n) is 5.72. The number of carboxylic acids is 1. The molecule has 6 nitrogen and oxygen atoms in total. The summed E-state index contributed by atoms with van der Waals surface area (Å²) >= 11 is 6.02. The van der Waals surface area contributed by atoms with E-state index < -0.39 is 17.8 Å². The third-order valence-electron chi connectivity index (χ3n) is 3.84. The molecule has 1 aromatic carbocycles. The third kappa shape index (κ3) is 3.22. The van der Waals surface area contributed by atoms with Crippen molar-refractivity contribution in [2.24, 2.45) is 11.8 Å². The number of carbonyl (C=O) groups is 3. The summed E-state index contributed by atoms with van der Waals surface area (Å²) in [7, 11) is 0. The molecule has 7 heteroatoms. The van der Waals surface area contributed by atoms with Crippen molar-refractivity contribution in [2.45, 2.75) is 25.3 Å². The van der Waals surface area contributed by atoms with Gasteiger partial charge in [-0.1, -0.05) is 11.6 Å². The molecule has 1 aromatic rings. The molecule has 0 unspecified atom stereocenters. The van der Waals surface area contributed by atoms with Gasteiger partial charge < -0.3 is 15.7 Å². The second-order valence-corrected chi connectivity index (χ2v) is 6.13. The lowest BCUT2D eigenvalue weighted by molar-refractivity contribution is -0.139. The van der Waals surface area contributed by atoms with Crippen molar-refractivity contribution in [2.75, 3.05) is 5.32 Å². The van der Waals surface area contributed by atoms with E-state index in [0.29, 0.717) is 22.7 Å². The molecule has 2 aliphatic rings. The van der Waals surface area contributed by atoms with Gasteiger partial charge in [0, 0.05) is 11.7 Å². The average Bonchev–Trinajstić information content (AvgIpc) is 3.34. The molecule has 3 N–H and O–H groups in total. The summed E-state index contributed by atoms with van der Waals surface area (Å²) in [6.07, 6.45) is 2.29. The van der Waals surface area contributed by atoms with Crippen molar-refractivity contribution in [3.63, 3.8) is 0 Å². The van der Waals surface area contributed by atoms with E-state index in [1.54, 1.807) is 12.1 Å². The Hall–Kier alpha value is -2.08. The molecule has 2 aliphatic carbocycles. The molecule has 0 saturated heterocycles. The van der Waals surface area contributed by atoms with Crippen LogP contribution in [0, 0.1) is 11.8 Å². The molecule has 0 aromatic heterocycles. The third-order valence-corrected chi connectivity index (χ3v) is 4.17. The van der Waals surface area contributed by atoms with Crippen LogP contribution in [0.25, 0.3) is 0 Å². The van der Waals surface area contributed by atoms with Crippen LogP contribution < -0.4 is 10.6 Å². The highest BCUT2D eigenvalue weighted by Crippen LogP contribution is 2.39. The van der Waals surface area contributed by atoms with Crippen LogP contribution in [0.5, 0.6) is 0 Å². The lowest BCUT2D eigenvalue weighted by Crippen LogP contribution is -2.26. The summed E-state index contributed by atoms with van der Waals surface area (Å²) in [5, 5.41) is 14.6. The zero-order chi connectivity index (χ0) is 15.9. The molecule has 0 heterocycles. The average molecular weight is 323 g/mol. The molecule has 22 heavy (non-hydrogen) atoms. The van der Waals surface area contributed by atoms with Crippen molar-refractivity contribution in [3.05, 3.63) is 28.8 Å². The van der Waals surface area contributed by atoms with Crippen molar-refractivity contribution < 1.29 is 19.5 Å². The molecular formula is C15H15ClN2O4. The van der Waals surface area contributed by atoms with Crippen LogP contribution in [0.4, 0.5) is 5.69 Å². The summed E-state index contributed by atoms with van der Waals surface area (Å²) in [5.74, 6) is -2.68. The van der Waals surface area contributed by atoms with Crippen LogP contribution in [-0.4, -0.2) is 28.9 Å². The van der Waals surface area contributed by atoms with E-state index in [4.69, 9.17) is 16.7 Å². The predicted octanol–water partition coefficient (Wildman–Crippen LogP) is 1.89. The Morgan fingerprint density at radius 2 is 1.91 bits per heavy atom. The molecule has 0 spiro atoms. The largest absolute Gasteiger partial charge is 0.481 e. The first-order valence-electron chi connectivity index (χ1n) is 7.10. The van der Waals surface area contributed by atoms with E-state index in [0.717, 1.165) is 12.8 Å². The topological polar surface area (TPSA) is 95.5 Å². The molecule has 3 rings (SSSR count). The van der Waals surface area contributed by atoms with Crippen LogP contribution in [0.3, 0.4) is 0 Å². The predicted molar refractivity (Wildman–Crippen MR) is 79.8 cm³/mol. The first-order valence-corrected chi connectivity index (χ1v) is 7.47. The SMILES string of the molecule is O=C(NC1CC1)c1cc(NC(=O)[C@H]2C[C@H]2C(=O)O)ccc1Cl. The van der Waals surface area contributed by atoms with Crippen LogP contribution in [0.1, 0.15) is 29.6 Å². The number of anilines is 1. The monoisotopic (exact) mass is 322 g/mol. The summed E-state index contributed by atoms with van der Waals surface area (Å²) < 4.78 is 0. The Morgan fingerprint density at radius 3 is 2.50 bits per heavy atom. The highest BCUT2D eigenvalue weighted by Gasteiger charge is 2.48. The van der Waals surface area contributed by atoms with Crippen molar-refractivity contribution in [3.8, 4) is 0 Å². The molecule has 2 saturated carbocycles. The molecular weight excluding hydrogens is 308 g/mol. The van der Waals surface area contributed by atoms with Gasteiger partial charge in [-0.3, -0.25) is 14.4 Å². The van der Waals surface area contributed by atoms with Gasteiger partial charge in [0.05, 0.1) is 22.4 Å². The lowest BCUT2D eigenvalue weighted by Gasteiger charge is -2.09. The highest BCUT2D eigenvalue weighted by atomic mass is 35.5. The normalized spacial score (nSPS) is 22.8.